The number of pyridine rings is 2. The van der Waals surface area contributed by atoms with Crippen LogP contribution in [0.2, 0.25) is 5.02 Å². The molecule has 1 saturated carbocycles. The number of aromatic nitrogens is 3. The maximum Gasteiger partial charge on any atom is 0.249 e. The molecule has 0 spiro atoms. The first-order chi connectivity index (χ1) is 12.4. The first-order valence-corrected chi connectivity index (χ1v) is 8.47. The number of hydrogen-bond acceptors (Lipinski definition) is 4. The van der Waals surface area contributed by atoms with Crippen LogP contribution >= 0.6 is 11.6 Å². The normalized spacial score (nSPS) is 16.3. The Kier molecular flexibility index (Phi) is 4.03. The molecule has 0 atom stereocenters. The Hall–Kier alpha value is -2.67. The minimum atomic E-state index is -2.60. The highest BCUT2D eigenvalue weighted by molar-refractivity contribution is 6.31. The van der Waals surface area contributed by atoms with Crippen molar-refractivity contribution in [2.24, 2.45) is 0 Å². The fourth-order valence-corrected chi connectivity index (χ4v) is 3.41. The first-order valence-electron chi connectivity index (χ1n) is 8.10. The van der Waals surface area contributed by atoms with Crippen LogP contribution in [0.5, 0.6) is 0 Å². The van der Waals surface area contributed by atoms with E-state index in [4.69, 9.17) is 11.6 Å². The van der Waals surface area contributed by atoms with E-state index in [9.17, 15) is 8.78 Å². The third kappa shape index (κ3) is 3.22. The monoisotopic (exact) mass is 375 g/mol. The predicted molar refractivity (Wildman–Crippen MR) is 98.6 cm³/mol. The average molecular weight is 376 g/mol. The number of nitrogens with one attached hydrogen (secondary N) is 3. The number of H-pyrrole nitrogens is 1. The highest BCUT2D eigenvalue weighted by Crippen LogP contribution is 2.49. The molecule has 0 radical (unpaired) electrons. The quantitative estimate of drug-likeness (QED) is 0.579. The lowest BCUT2D eigenvalue weighted by Gasteiger charge is -2.34. The van der Waals surface area contributed by atoms with Gasteiger partial charge in [-0.3, -0.25) is 9.97 Å². The van der Waals surface area contributed by atoms with Crippen molar-refractivity contribution in [1.29, 1.82) is 0 Å². The second kappa shape index (κ2) is 6.25. The zero-order chi connectivity index (χ0) is 18.3. The molecular weight excluding hydrogens is 360 g/mol. The molecule has 5 nitrogen and oxygen atoms in total. The van der Waals surface area contributed by atoms with Crippen molar-refractivity contribution in [3.63, 3.8) is 0 Å². The predicted octanol–water partition coefficient (Wildman–Crippen LogP) is 5.12. The summed E-state index contributed by atoms with van der Waals surface area (Å²) in [4.78, 5) is 11.7. The molecule has 1 aliphatic carbocycles. The van der Waals surface area contributed by atoms with Crippen LogP contribution in [0.3, 0.4) is 0 Å². The molecule has 134 valence electrons. The summed E-state index contributed by atoms with van der Waals surface area (Å²) >= 11 is 6.22. The van der Waals surface area contributed by atoms with Crippen molar-refractivity contribution in [2.45, 2.75) is 24.7 Å². The Morgan fingerprint density at radius 2 is 2.12 bits per heavy atom. The van der Waals surface area contributed by atoms with E-state index in [1.165, 1.54) is 0 Å². The summed E-state index contributed by atoms with van der Waals surface area (Å²) in [7, 11) is 0. The molecule has 3 N–H and O–H groups in total. The number of fused-ring (bicyclic) bond motifs is 1. The zero-order valence-corrected chi connectivity index (χ0v) is 14.4. The summed E-state index contributed by atoms with van der Waals surface area (Å²) in [5, 5.41) is 6.57. The van der Waals surface area contributed by atoms with Crippen LogP contribution in [-0.2, 0) is 0 Å². The van der Waals surface area contributed by atoms with Gasteiger partial charge in [0.05, 0.1) is 33.8 Å². The lowest BCUT2D eigenvalue weighted by Crippen LogP contribution is -2.34. The summed E-state index contributed by atoms with van der Waals surface area (Å²) in [6.07, 6.45) is 4.68. The van der Waals surface area contributed by atoms with E-state index in [0.717, 1.165) is 16.7 Å². The molecule has 26 heavy (non-hydrogen) atoms. The topological polar surface area (TPSA) is 65.6 Å². The van der Waals surface area contributed by atoms with Gasteiger partial charge < -0.3 is 15.6 Å². The molecule has 0 bridgehead atoms. The van der Waals surface area contributed by atoms with E-state index in [0.29, 0.717) is 22.2 Å². The van der Waals surface area contributed by atoms with E-state index in [-0.39, 0.29) is 18.8 Å². The van der Waals surface area contributed by atoms with Crippen LogP contribution in [0, 0.1) is 0 Å². The maximum absolute atomic E-state index is 13.0. The van der Waals surface area contributed by atoms with Crippen LogP contribution in [0.4, 0.5) is 20.2 Å². The third-order valence-corrected chi connectivity index (χ3v) is 4.66. The van der Waals surface area contributed by atoms with Crippen molar-refractivity contribution < 1.29 is 8.78 Å². The average Bonchev–Trinajstić information content (AvgIpc) is 2.96. The third-order valence-electron chi connectivity index (χ3n) is 4.36. The lowest BCUT2D eigenvalue weighted by molar-refractivity contribution is -0.0875. The van der Waals surface area contributed by atoms with Gasteiger partial charge in [-0.05, 0) is 18.2 Å². The Labute approximate surface area is 153 Å². The summed E-state index contributed by atoms with van der Waals surface area (Å²) < 4.78 is 26.1. The molecule has 0 amide bonds. The van der Waals surface area contributed by atoms with Gasteiger partial charge >= 0.3 is 0 Å². The van der Waals surface area contributed by atoms with Crippen molar-refractivity contribution in [2.75, 3.05) is 10.6 Å². The van der Waals surface area contributed by atoms with Crippen LogP contribution in [-0.4, -0.2) is 20.9 Å². The van der Waals surface area contributed by atoms with Gasteiger partial charge in [-0.1, -0.05) is 18.2 Å². The maximum atomic E-state index is 13.0. The van der Waals surface area contributed by atoms with Gasteiger partial charge in [-0.25, -0.2) is 8.78 Å². The molecule has 4 rings (SSSR count). The number of anilines is 2. The lowest BCUT2D eigenvalue weighted by atomic mass is 9.79. The molecule has 1 fully saturated rings. The summed E-state index contributed by atoms with van der Waals surface area (Å²) in [6.45, 7) is 3.93. The molecule has 0 aromatic carbocycles. The van der Waals surface area contributed by atoms with Crippen LogP contribution in [0.15, 0.2) is 49.2 Å². The van der Waals surface area contributed by atoms with Crippen molar-refractivity contribution in [1.82, 2.24) is 15.0 Å². The van der Waals surface area contributed by atoms with Gasteiger partial charge in [-0.2, -0.15) is 0 Å². The second-order valence-electron chi connectivity index (χ2n) is 6.38. The Bertz CT molecular complexity index is 977. The fraction of sp³-hybridized carbons (Fsp3) is 0.222. The van der Waals surface area contributed by atoms with Gasteiger partial charge in [0.25, 0.3) is 0 Å². The molecule has 3 heterocycles. The second-order valence-corrected chi connectivity index (χ2v) is 6.79. The van der Waals surface area contributed by atoms with Crippen LogP contribution < -0.4 is 10.6 Å². The number of alkyl halides is 2. The van der Waals surface area contributed by atoms with Gasteiger partial charge in [0.1, 0.15) is 11.3 Å². The first kappa shape index (κ1) is 16.8. The van der Waals surface area contributed by atoms with E-state index >= 15 is 0 Å². The number of hydrogen-bond donors (Lipinski definition) is 3. The minimum Gasteiger partial charge on any atom is -0.358 e. The molecular formula is C18H16ClF2N5. The number of aromatic amines is 1. The molecule has 8 heteroatoms. The van der Waals surface area contributed by atoms with Crippen LogP contribution in [0.1, 0.15) is 24.5 Å². The summed E-state index contributed by atoms with van der Waals surface area (Å²) in [5.74, 6) is -2.37. The smallest absolute Gasteiger partial charge is 0.249 e. The molecule has 3 aromatic rings. The van der Waals surface area contributed by atoms with Gasteiger partial charge in [0.15, 0.2) is 0 Å². The minimum absolute atomic E-state index is 0.200. The van der Waals surface area contributed by atoms with Gasteiger partial charge in [0, 0.05) is 31.2 Å². The summed E-state index contributed by atoms with van der Waals surface area (Å²) in [6, 6.07) is 5.44. The number of rotatable bonds is 5. The molecule has 3 aromatic heterocycles. The Morgan fingerprint density at radius 3 is 2.85 bits per heavy atom. The van der Waals surface area contributed by atoms with Crippen LogP contribution in [0.25, 0.3) is 11.0 Å². The zero-order valence-electron chi connectivity index (χ0n) is 13.7. The Morgan fingerprint density at radius 1 is 1.31 bits per heavy atom. The van der Waals surface area contributed by atoms with Crippen molar-refractivity contribution in [3.8, 4) is 0 Å². The van der Waals surface area contributed by atoms with Crippen molar-refractivity contribution in [3.05, 3.63) is 59.9 Å². The molecule has 0 aliphatic heterocycles. The SMILES string of the molecule is C=C(Nc1cnc(C2CC(F)(F)C2)c(Cl)c1)Nc1c[nH]c2cccnc12. The highest BCUT2D eigenvalue weighted by Gasteiger charge is 2.47. The fourth-order valence-electron chi connectivity index (χ4n) is 3.09. The van der Waals surface area contributed by atoms with Gasteiger partial charge in [-0.15, -0.1) is 0 Å². The molecule has 1 aliphatic rings. The molecule has 0 unspecified atom stereocenters. The number of nitrogens with zero attached hydrogens (tertiary/aromatic N) is 2. The number of halogens is 3. The standard InChI is InChI=1S/C18H16ClF2N5/c1-10(26-15-9-23-14-3-2-4-22-17(14)15)25-12-5-13(19)16(24-8-12)11-6-18(20,21)7-11/h2-5,8-9,11,23,25-26H,1,6-7H2. The van der Waals surface area contributed by atoms with Gasteiger partial charge in [0.2, 0.25) is 5.92 Å². The van der Waals surface area contributed by atoms with E-state index in [1.807, 2.05) is 12.1 Å². The van der Waals surface area contributed by atoms with E-state index < -0.39 is 5.92 Å². The van der Waals surface area contributed by atoms with E-state index in [2.05, 4.69) is 32.2 Å². The Balaban J connectivity index is 1.44. The molecule has 0 saturated heterocycles. The van der Waals surface area contributed by atoms with Crippen molar-refractivity contribution >= 4 is 34.0 Å². The summed E-state index contributed by atoms with van der Waals surface area (Å²) in [5.41, 5.74) is 3.63. The van der Waals surface area contributed by atoms with E-state index in [1.54, 1.807) is 24.7 Å². The largest absolute Gasteiger partial charge is 0.358 e. The highest BCUT2D eigenvalue weighted by atomic mass is 35.5.